The van der Waals surface area contributed by atoms with Gasteiger partial charge in [0.1, 0.15) is 5.54 Å². The number of primary amides is 1. The van der Waals surface area contributed by atoms with E-state index in [-0.39, 0.29) is 11.6 Å². The predicted molar refractivity (Wildman–Crippen MR) is 71.5 cm³/mol. The summed E-state index contributed by atoms with van der Waals surface area (Å²) in [5.74, 6) is -0.0324. The van der Waals surface area contributed by atoms with E-state index in [1.165, 1.54) is 24.0 Å². The summed E-state index contributed by atoms with van der Waals surface area (Å²) in [6.45, 7) is 5.62. The fourth-order valence-electron chi connectivity index (χ4n) is 1.46. The van der Waals surface area contributed by atoms with Crippen molar-refractivity contribution in [2.45, 2.75) is 37.5 Å². The van der Waals surface area contributed by atoms with Gasteiger partial charge in [-0.15, -0.1) is 0 Å². The van der Waals surface area contributed by atoms with Crippen LogP contribution in [0.1, 0.15) is 20.8 Å². The smallest absolute Gasteiger partial charge is 0.251 e. The molecule has 4 N–H and O–H groups in total. The monoisotopic (exact) mass is 270 g/mol. The molecule has 0 aromatic carbocycles. The SMILES string of the molecule is CC(C)NC(C)(CSc1nccc(=O)[nH]1)C(N)=O. The van der Waals surface area contributed by atoms with Crippen LogP contribution in [0.15, 0.2) is 22.2 Å². The Balaban J connectivity index is 2.74. The van der Waals surface area contributed by atoms with Crippen LogP contribution in [0, 0.1) is 0 Å². The van der Waals surface area contributed by atoms with Crippen LogP contribution >= 0.6 is 11.8 Å². The number of nitrogens with one attached hydrogen (secondary N) is 2. The van der Waals surface area contributed by atoms with Crippen LogP contribution in [0.4, 0.5) is 0 Å². The van der Waals surface area contributed by atoms with Gasteiger partial charge in [-0.3, -0.25) is 9.59 Å². The van der Waals surface area contributed by atoms with E-state index in [0.29, 0.717) is 10.9 Å². The molecular formula is C11H18N4O2S. The molecule has 6 nitrogen and oxygen atoms in total. The van der Waals surface area contributed by atoms with Gasteiger partial charge in [-0.2, -0.15) is 0 Å². The third kappa shape index (κ3) is 4.15. The lowest BCUT2D eigenvalue weighted by Gasteiger charge is -2.29. The minimum atomic E-state index is -0.840. The molecule has 0 aliphatic carbocycles. The highest BCUT2D eigenvalue weighted by molar-refractivity contribution is 7.99. The Hall–Kier alpha value is -1.34. The number of amides is 1. The summed E-state index contributed by atoms with van der Waals surface area (Å²) in [7, 11) is 0. The van der Waals surface area contributed by atoms with Gasteiger partial charge in [0.25, 0.3) is 5.56 Å². The Morgan fingerprint density at radius 3 is 2.83 bits per heavy atom. The van der Waals surface area contributed by atoms with Crippen molar-refractivity contribution in [3.63, 3.8) is 0 Å². The van der Waals surface area contributed by atoms with Gasteiger partial charge in [-0.1, -0.05) is 11.8 Å². The molecule has 18 heavy (non-hydrogen) atoms. The first-order valence-electron chi connectivity index (χ1n) is 5.59. The van der Waals surface area contributed by atoms with Crippen molar-refractivity contribution in [2.24, 2.45) is 5.73 Å². The van der Waals surface area contributed by atoms with E-state index in [0.717, 1.165) is 0 Å². The molecule has 1 aromatic heterocycles. The summed E-state index contributed by atoms with van der Waals surface area (Å²) in [5, 5.41) is 3.60. The number of aromatic amines is 1. The van der Waals surface area contributed by atoms with E-state index in [2.05, 4.69) is 15.3 Å². The van der Waals surface area contributed by atoms with Crippen molar-refractivity contribution in [1.29, 1.82) is 0 Å². The summed E-state index contributed by atoms with van der Waals surface area (Å²) in [5.41, 5.74) is 4.35. The lowest BCUT2D eigenvalue weighted by Crippen LogP contribution is -2.57. The number of nitrogens with two attached hydrogens (primary N) is 1. The zero-order valence-corrected chi connectivity index (χ0v) is 11.5. The van der Waals surface area contributed by atoms with Crippen molar-refractivity contribution in [3.05, 3.63) is 22.6 Å². The van der Waals surface area contributed by atoms with Gasteiger partial charge < -0.3 is 16.0 Å². The molecule has 0 saturated carbocycles. The number of aromatic nitrogens is 2. The van der Waals surface area contributed by atoms with Crippen molar-refractivity contribution in [3.8, 4) is 0 Å². The van der Waals surface area contributed by atoms with Crippen LogP contribution in [-0.2, 0) is 4.79 Å². The van der Waals surface area contributed by atoms with Crippen molar-refractivity contribution < 1.29 is 4.79 Å². The Morgan fingerprint density at radius 2 is 2.33 bits per heavy atom. The maximum absolute atomic E-state index is 11.5. The largest absolute Gasteiger partial charge is 0.368 e. The lowest BCUT2D eigenvalue weighted by molar-refractivity contribution is -0.123. The number of rotatable bonds is 6. The molecule has 0 saturated heterocycles. The molecule has 100 valence electrons. The minimum Gasteiger partial charge on any atom is -0.368 e. The molecule has 0 radical (unpaired) electrons. The minimum absolute atomic E-state index is 0.130. The molecule has 0 fully saturated rings. The molecule has 0 spiro atoms. The molecule has 0 aliphatic heterocycles. The molecule has 1 heterocycles. The van der Waals surface area contributed by atoms with Gasteiger partial charge >= 0.3 is 0 Å². The summed E-state index contributed by atoms with van der Waals surface area (Å²) in [6, 6.07) is 1.47. The standard InChI is InChI=1S/C11H18N4O2S/c1-7(2)15-11(3,9(12)17)6-18-10-13-5-4-8(16)14-10/h4-5,7,15H,6H2,1-3H3,(H2,12,17)(H,13,14,16). The lowest BCUT2D eigenvalue weighted by atomic mass is 10.0. The number of thioether (sulfide) groups is 1. The molecule has 1 unspecified atom stereocenters. The van der Waals surface area contributed by atoms with Crippen molar-refractivity contribution >= 4 is 17.7 Å². The van der Waals surface area contributed by atoms with Crippen LogP contribution in [-0.4, -0.2) is 33.2 Å². The second-order valence-electron chi connectivity index (χ2n) is 4.52. The number of carbonyl (C=O) groups is 1. The third-order valence-electron chi connectivity index (χ3n) is 2.30. The molecule has 1 amide bonds. The van der Waals surface area contributed by atoms with Gasteiger partial charge in [0, 0.05) is 24.1 Å². The average Bonchev–Trinajstić information content (AvgIpc) is 2.25. The first-order valence-corrected chi connectivity index (χ1v) is 6.58. The number of carbonyl (C=O) groups excluding carboxylic acids is 1. The molecule has 0 bridgehead atoms. The van der Waals surface area contributed by atoms with E-state index in [1.54, 1.807) is 6.92 Å². The molecule has 0 aliphatic rings. The van der Waals surface area contributed by atoms with Gasteiger partial charge in [0.15, 0.2) is 5.16 Å². The molecule has 1 aromatic rings. The van der Waals surface area contributed by atoms with Gasteiger partial charge in [0.2, 0.25) is 5.91 Å². The van der Waals surface area contributed by atoms with E-state index in [1.807, 2.05) is 13.8 Å². The first kappa shape index (κ1) is 14.7. The Bertz CT molecular complexity index is 474. The number of hydrogen-bond acceptors (Lipinski definition) is 5. The van der Waals surface area contributed by atoms with Crippen LogP contribution < -0.4 is 16.6 Å². The van der Waals surface area contributed by atoms with Crippen molar-refractivity contribution in [1.82, 2.24) is 15.3 Å². The van der Waals surface area contributed by atoms with E-state index < -0.39 is 11.4 Å². The summed E-state index contributed by atoms with van der Waals surface area (Å²) in [4.78, 5) is 29.2. The van der Waals surface area contributed by atoms with Crippen LogP contribution in [0.5, 0.6) is 0 Å². The Kier molecular flexibility index (Phi) is 4.92. The van der Waals surface area contributed by atoms with E-state index in [9.17, 15) is 9.59 Å². The highest BCUT2D eigenvalue weighted by Crippen LogP contribution is 2.18. The topological polar surface area (TPSA) is 101 Å². The fraction of sp³-hybridized carbons (Fsp3) is 0.545. The predicted octanol–water partition coefficient (Wildman–Crippen LogP) is 0.104. The van der Waals surface area contributed by atoms with Gasteiger partial charge in [-0.05, 0) is 20.8 Å². The first-order chi connectivity index (χ1) is 8.33. The molecule has 1 rings (SSSR count). The zero-order chi connectivity index (χ0) is 13.8. The number of nitrogens with zero attached hydrogens (tertiary/aromatic N) is 1. The summed E-state index contributed by atoms with van der Waals surface area (Å²) < 4.78 is 0. The highest BCUT2D eigenvalue weighted by Gasteiger charge is 2.31. The highest BCUT2D eigenvalue weighted by atomic mass is 32.2. The quantitative estimate of drug-likeness (QED) is 0.503. The summed E-state index contributed by atoms with van der Waals surface area (Å²) in [6.07, 6.45) is 1.43. The Labute approximate surface area is 110 Å². The van der Waals surface area contributed by atoms with Crippen LogP contribution in [0.2, 0.25) is 0 Å². The van der Waals surface area contributed by atoms with Gasteiger partial charge in [0.05, 0.1) is 0 Å². The van der Waals surface area contributed by atoms with Gasteiger partial charge in [-0.25, -0.2) is 4.98 Å². The Morgan fingerprint density at radius 1 is 1.67 bits per heavy atom. The normalized spacial score (nSPS) is 14.4. The second kappa shape index (κ2) is 6.01. The maximum atomic E-state index is 11.5. The third-order valence-corrected chi connectivity index (χ3v) is 3.50. The number of H-pyrrole nitrogens is 1. The molecule has 7 heteroatoms. The van der Waals surface area contributed by atoms with Crippen molar-refractivity contribution in [2.75, 3.05) is 5.75 Å². The molecular weight excluding hydrogens is 252 g/mol. The van der Waals surface area contributed by atoms with E-state index in [4.69, 9.17) is 5.73 Å². The average molecular weight is 270 g/mol. The van der Waals surface area contributed by atoms with Crippen LogP contribution in [0.25, 0.3) is 0 Å². The molecule has 1 atom stereocenters. The number of hydrogen-bond donors (Lipinski definition) is 3. The van der Waals surface area contributed by atoms with E-state index >= 15 is 0 Å². The maximum Gasteiger partial charge on any atom is 0.251 e. The second-order valence-corrected chi connectivity index (χ2v) is 5.49. The summed E-state index contributed by atoms with van der Waals surface area (Å²) >= 11 is 1.28. The zero-order valence-electron chi connectivity index (χ0n) is 10.7. The van der Waals surface area contributed by atoms with Crippen LogP contribution in [0.3, 0.4) is 0 Å². The fourth-order valence-corrected chi connectivity index (χ4v) is 2.42.